The SMILES string of the molecule is CC(C)c1ccc(-c2cc(-c3cc4c([nH]3)C3(CCC3)CNC4=O)ccn2)cc1. The Morgan fingerprint density at radius 1 is 1.04 bits per heavy atom. The molecule has 3 aromatic rings. The first-order chi connectivity index (χ1) is 13.6. The van der Waals surface area contributed by atoms with Gasteiger partial charge in [-0.05, 0) is 42.5 Å². The van der Waals surface area contributed by atoms with Crippen molar-refractivity contribution in [3.63, 3.8) is 0 Å². The third-order valence-corrected chi connectivity index (χ3v) is 6.43. The van der Waals surface area contributed by atoms with E-state index in [1.165, 1.54) is 12.0 Å². The molecule has 28 heavy (non-hydrogen) atoms. The highest BCUT2D eigenvalue weighted by Crippen LogP contribution is 2.46. The Kier molecular flexibility index (Phi) is 3.90. The number of hydrogen-bond donors (Lipinski definition) is 2. The number of carbonyl (C=O) groups excluding carboxylic acids is 1. The average molecular weight is 371 g/mol. The number of benzene rings is 1. The van der Waals surface area contributed by atoms with E-state index in [0.717, 1.165) is 53.2 Å². The maximum Gasteiger partial charge on any atom is 0.253 e. The lowest BCUT2D eigenvalue weighted by Crippen LogP contribution is -2.50. The Morgan fingerprint density at radius 2 is 1.82 bits per heavy atom. The molecule has 1 spiro atoms. The van der Waals surface area contributed by atoms with Gasteiger partial charge in [0.05, 0.1) is 11.3 Å². The summed E-state index contributed by atoms with van der Waals surface area (Å²) in [5.41, 5.74) is 7.49. The van der Waals surface area contributed by atoms with Crippen LogP contribution in [0.4, 0.5) is 0 Å². The highest BCUT2D eigenvalue weighted by molar-refractivity contribution is 5.98. The van der Waals surface area contributed by atoms with Crippen molar-refractivity contribution in [2.75, 3.05) is 6.54 Å². The Bertz CT molecular complexity index is 1040. The number of nitrogens with one attached hydrogen (secondary N) is 2. The van der Waals surface area contributed by atoms with Crippen molar-refractivity contribution >= 4 is 5.91 Å². The van der Waals surface area contributed by atoms with Crippen LogP contribution in [0, 0.1) is 0 Å². The topological polar surface area (TPSA) is 57.8 Å². The third kappa shape index (κ3) is 2.67. The molecule has 1 fully saturated rings. The van der Waals surface area contributed by atoms with Gasteiger partial charge in [0.1, 0.15) is 0 Å². The fourth-order valence-corrected chi connectivity index (χ4v) is 4.47. The summed E-state index contributed by atoms with van der Waals surface area (Å²) in [6.45, 7) is 5.15. The minimum absolute atomic E-state index is 0.0357. The third-order valence-electron chi connectivity index (χ3n) is 6.43. The van der Waals surface area contributed by atoms with Crippen LogP contribution >= 0.6 is 0 Å². The molecule has 4 heteroatoms. The molecule has 1 aliphatic heterocycles. The zero-order chi connectivity index (χ0) is 19.3. The fraction of sp³-hybridized carbons (Fsp3) is 0.333. The van der Waals surface area contributed by atoms with Gasteiger partial charge in [-0.25, -0.2) is 0 Å². The molecule has 0 unspecified atom stereocenters. The summed E-state index contributed by atoms with van der Waals surface area (Å²) in [5, 5.41) is 3.08. The van der Waals surface area contributed by atoms with Crippen LogP contribution < -0.4 is 5.32 Å². The zero-order valence-corrected chi connectivity index (χ0v) is 16.4. The molecule has 2 N–H and O–H groups in total. The second-order valence-electron chi connectivity index (χ2n) is 8.49. The second kappa shape index (κ2) is 6.33. The predicted molar refractivity (Wildman–Crippen MR) is 111 cm³/mol. The van der Waals surface area contributed by atoms with Gasteiger partial charge >= 0.3 is 0 Å². The number of aromatic amines is 1. The molecule has 0 atom stereocenters. The monoisotopic (exact) mass is 371 g/mol. The van der Waals surface area contributed by atoms with Gasteiger partial charge in [-0.15, -0.1) is 0 Å². The second-order valence-corrected chi connectivity index (χ2v) is 8.49. The number of hydrogen-bond acceptors (Lipinski definition) is 2. The summed E-state index contributed by atoms with van der Waals surface area (Å²) in [6, 6.07) is 14.7. The van der Waals surface area contributed by atoms with E-state index < -0.39 is 0 Å². The lowest BCUT2D eigenvalue weighted by molar-refractivity contribution is 0.0893. The first-order valence-electron chi connectivity index (χ1n) is 10.1. The minimum Gasteiger partial charge on any atom is -0.357 e. The first-order valence-corrected chi connectivity index (χ1v) is 10.1. The molecule has 4 nitrogen and oxygen atoms in total. The van der Waals surface area contributed by atoms with Crippen LogP contribution in [-0.4, -0.2) is 22.4 Å². The van der Waals surface area contributed by atoms with Crippen molar-refractivity contribution in [1.82, 2.24) is 15.3 Å². The quantitative estimate of drug-likeness (QED) is 0.678. The largest absolute Gasteiger partial charge is 0.357 e. The molecule has 1 aliphatic carbocycles. The molecule has 0 bridgehead atoms. The number of rotatable bonds is 3. The van der Waals surface area contributed by atoms with Crippen molar-refractivity contribution in [3.8, 4) is 22.5 Å². The van der Waals surface area contributed by atoms with Crippen LogP contribution in [0.5, 0.6) is 0 Å². The first kappa shape index (κ1) is 17.2. The molecule has 0 radical (unpaired) electrons. The van der Waals surface area contributed by atoms with Crippen LogP contribution in [0.3, 0.4) is 0 Å². The Balaban J connectivity index is 1.52. The molecule has 0 saturated heterocycles. The van der Waals surface area contributed by atoms with Crippen LogP contribution in [0.1, 0.15) is 60.6 Å². The summed E-state index contributed by atoms with van der Waals surface area (Å²) < 4.78 is 0. The summed E-state index contributed by atoms with van der Waals surface area (Å²) in [5.74, 6) is 0.553. The average Bonchev–Trinajstić information content (AvgIpc) is 3.14. The molecule has 5 rings (SSSR count). The van der Waals surface area contributed by atoms with Gasteiger partial charge in [0.25, 0.3) is 5.91 Å². The summed E-state index contributed by atoms with van der Waals surface area (Å²) in [6.07, 6.45) is 5.36. The number of carbonyl (C=O) groups is 1. The molecule has 1 aromatic carbocycles. The van der Waals surface area contributed by atoms with E-state index >= 15 is 0 Å². The highest BCUT2D eigenvalue weighted by atomic mass is 16.1. The minimum atomic E-state index is 0.0357. The summed E-state index contributed by atoms with van der Waals surface area (Å²) >= 11 is 0. The summed E-state index contributed by atoms with van der Waals surface area (Å²) in [7, 11) is 0. The molecular weight excluding hydrogens is 346 g/mol. The van der Waals surface area contributed by atoms with Crippen molar-refractivity contribution in [3.05, 3.63) is 65.5 Å². The molecule has 2 aliphatic rings. The number of aromatic nitrogens is 2. The van der Waals surface area contributed by atoms with E-state index in [0.29, 0.717) is 5.92 Å². The molecule has 142 valence electrons. The van der Waals surface area contributed by atoms with E-state index in [4.69, 9.17) is 0 Å². The van der Waals surface area contributed by atoms with Gasteiger partial charge < -0.3 is 10.3 Å². The molecule has 1 amide bonds. The highest BCUT2D eigenvalue weighted by Gasteiger charge is 2.45. The van der Waals surface area contributed by atoms with Crippen LogP contribution in [-0.2, 0) is 5.41 Å². The van der Waals surface area contributed by atoms with Gasteiger partial charge in [-0.3, -0.25) is 9.78 Å². The van der Waals surface area contributed by atoms with Crippen molar-refractivity contribution in [2.24, 2.45) is 0 Å². The van der Waals surface area contributed by atoms with E-state index in [-0.39, 0.29) is 11.3 Å². The number of fused-ring (bicyclic) bond motifs is 2. The smallest absolute Gasteiger partial charge is 0.253 e. The molecule has 3 heterocycles. The van der Waals surface area contributed by atoms with Gasteiger partial charge in [-0.2, -0.15) is 0 Å². The fourth-order valence-electron chi connectivity index (χ4n) is 4.47. The summed E-state index contributed by atoms with van der Waals surface area (Å²) in [4.78, 5) is 20.5. The van der Waals surface area contributed by atoms with Gasteiger partial charge in [0, 0.05) is 40.7 Å². The number of H-pyrrole nitrogens is 1. The van der Waals surface area contributed by atoms with Crippen molar-refractivity contribution < 1.29 is 4.79 Å². The standard InChI is InChI=1S/C24H25N3O/c1-15(2)16-4-6-17(7-5-16)20-12-18(8-11-25-20)21-13-19-22(27-21)24(9-3-10-24)14-26-23(19)28/h4-8,11-13,15,27H,3,9-10,14H2,1-2H3,(H,26,28). The van der Waals surface area contributed by atoms with E-state index in [2.05, 4.69) is 59.5 Å². The maximum atomic E-state index is 12.4. The molecular formula is C24H25N3O. The Labute approximate surface area is 165 Å². The van der Waals surface area contributed by atoms with E-state index in [9.17, 15) is 4.79 Å². The zero-order valence-electron chi connectivity index (χ0n) is 16.4. The maximum absolute atomic E-state index is 12.4. The molecule has 2 aromatic heterocycles. The van der Waals surface area contributed by atoms with Crippen molar-refractivity contribution in [2.45, 2.75) is 44.4 Å². The van der Waals surface area contributed by atoms with Gasteiger partial charge in [0.2, 0.25) is 0 Å². The Morgan fingerprint density at radius 3 is 2.50 bits per heavy atom. The van der Waals surface area contributed by atoms with E-state index in [1.807, 2.05) is 18.3 Å². The predicted octanol–water partition coefficient (Wildman–Crippen LogP) is 5.03. The van der Waals surface area contributed by atoms with E-state index in [1.54, 1.807) is 0 Å². The number of pyridine rings is 1. The normalized spacial score (nSPS) is 17.3. The number of nitrogens with zero attached hydrogens (tertiary/aromatic N) is 1. The van der Waals surface area contributed by atoms with Crippen molar-refractivity contribution in [1.29, 1.82) is 0 Å². The lowest BCUT2D eigenvalue weighted by Gasteiger charge is -2.44. The van der Waals surface area contributed by atoms with Gasteiger partial charge in [0.15, 0.2) is 0 Å². The number of amides is 1. The lowest BCUT2D eigenvalue weighted by atomic mass is 9.64. The van der Waals surface area contributed by atoms with Gasteiger partial charge in [-0.1, -0.05) is 44.5 Å². The van der Waals surface area contributed by atoms with Crippen LogP contribution in [0.2, 0.25) is 0 Å². The Hall–Kier alpha value is -2.88. The van der Waals surface area contributed by atoms with Crippen LogP contribution in [0.25, 0.3) is 22.5 Å². The molecule has 1 saturated carbocycles. The van der Waals surface area contributed by atoms with Crippen LogP contribution in [0.15, 0.2) is 48.7 Å².